The van der Waals surface area contributed by atoms with E-state index in [4.69, 9.17) is 0 Å². The van der Waals surface area contributed by atoms with Crippen molar-refractivity contribution in [3.05, 3.63) is 42.2 Å². The number of aromatic nitrogens is 3. The molecular formula is C14H19FN4S. The predicted molar refractivity (Wildman–Crippen MR) is 79.3 cm³/mol. The zero-order valence-electron chi connectivity index (χ0n) is 11.7. The molecule has 1 heterocycles. The summed E-state index contributed by atoms with van der Waals surface area (Å²) in [7, 11) is 1.89. The number of nitrogens with one attached hydrogen (secondary N) is 1. The first-order chi connectivity index (χ1) is 9.69. The Kier molecular flexibility index (Phi) is 5.55. The number of benzene rings is 1. The van der Waals surface area contributed by atoms with Crippen LogP contribution in [0.1, 0.15) is 12.7 Å². The second-order valence-electron chi connectivity index (χ2n) is 4.53. The highest BCUT2D eigenvalue weighted by atomic mass is 32.2. The van der Waals surface area contributed by atoms with Gasteiger partial charge in [0.05, 0.1) is 0 Å². The van der Waals surface area contributed by atoms with Crippen molar-refractivity contribution in [1.29, 1.82) is 0 Å². The highest BCUT2D eigenvalue weighted by Crippen LogP contribution is 2.20. The molecule has 0 radical (unpaired) electrons. The van der Waals surface area contributed by atoms with Gasteiger partial charge in [0.1, 0.15) is 18.0 Å². The molecule has 0 saturated heterocycles. The van der Waals surface area contributed by atoms with E-state index in [2.05, 4.69) is 22.3 Å². The summed E-state index contributed by atoms with van der Waals surface area (Å²) < 4.78 is 14.9. The van der Waals surface area contributed by atoms with Crippen LogP contribution in [0.5, 0.6) is 0 Å². The van der Waals surface area contributed by atoms with Crippen molar-refractivity contribution in [2.45, 2.75) is 24.3 Å². The minimum atomic E-state index is -0.191. The molecule has 0 aliphatic heterocycles. The van der Waals surface area contributed by atoms with Crippen LogP contribution in [0.4, 0.5) is 4.39 Å². The Balaban J connectivity index is 1.94. The van der Waals surface area contributed by atoms with Gasteiger partial charge in [0.2, 0.25) is 0 Å². The van der Waals surface area contributed by atoms with E-state index in [1.54, 1.807) is 34.9 Å². The fourth-order valence-corrected chi connectivity index (χ4v) is 2.96. The highest BCUT2D eigenvalue weighted by Gasteiger charge is 2.12. The van der Waals surface area contributed by atoms with E-state index in [1.165, 1.54) is 6.07 Å². The number of hydrogen-bond donors (Lipinski definition) is 1. The lowest BCUT2D eigenvalue weighted by Gasteiger charge is -2.17. The molecule has 0 spiro atoms. The summed E-state index contributed by atoms with van der Waals surface area (Å²) in [5.74, 6) is 1.63. The Hall–Kier alpha value is -1.40. The molecule has 0 aliphatic carbocycles. The van der Waals surface area contributed by atoms with E-state index in [0.29, 0.717) is 0 Å². The van der Waals surface area contributed by atoms with Crippen molar-refractivity contribution in [2.75, 3.05) is 12.3 Å². The standard InChI is InChI=1S/C14H19FN4S/c1-3-16-12(8-14-17-10-18-19(14)2)9-20-13-6-4-5-11(15)7-13/h4-7,10,12,16H,3,8-9H2,1-2H3. The molecule has 0 fully saturated rings. The molecule has 2 aromatic rings. The maximum absolute atomic E-state index is 13.1. The molecule has 108 valence electrons. The summed E-state index contributed by atoms with van der Waals surface area (Å²) in [5.41, 5.74) is 0. The summed E-state index contributed by atoms with van der Waals surface area (Å²) in [6, 6.07) is 6.99. The molecule has 1 aromatic heterocycles. The van der Waals surface area contributed by atoms with Crippen molar-refractivity contribution < 1.29 is 4.39 Å². The Bertz CT molecular complexity index is 543. The minimum Gasteiger partial charge on any atom is -0.313 e. The highest BCUT2D eigenvalue weighted by molar-refractivity contribution is 7.99. The first-order valence-electron chi connectivity index (χ1n) is 6.63. The minimum absolute atomic E-state index is 0.191. The van der Waals surface area contributed by atoms with Crippen LogP contribution in [0.15, 0.2) is 35.5 Å². The third-order valence-corrected chi connectivity index (χ3v) is 4.13. The normalized spacial score (nSPS) is 12.6. The van der Waals surface area contributed by atoms with Gasteiger partial charge in [-0.15, -0.1) is 11.8 Å². The SMILES string of the molecule is CCNC(CSc1cccc(F)c1)Cc1ncnn1C. The fourth-order valence-electron chi connectivity index (χ4n) is 1.96. The Morgan fingerprint density at radius 3 is 2.95 bits per heavy atom. The summed E-state index contributed by atoms with van der Waals surface area (Å²) >= 11 is 1.65. The lowest BCUT2D eigenvalue weighted by atomic mass is 10.2. The Morgan fingerprint density at radius 1 is 1.45 bits per heavy atom. The summed E-state index contributed by atoms with van der Waals surface area (Å²) in [6.07, 6.45) is 2.38. The van der Waals surface area contributed by atoms with E-state index >= 15 is 0 Å². The number of hydrogen-bond acceptors (Lipinski definition) is 4. The molecule has 20 heavy (non-hydrogen) atoms. The van der Waals surface area contributed by atoms with Gasteiger partial charge in [-0.1, -0.05) is 13.0 Å². The maximum atomic E-state index is 13.1. The van der Waals surface area contributed by atoms with Gasteiger partial charge in [0.25, 0.3) is 0 Å². The average Bonchev–Trinajstić information content (AvgIpc) is 2.82. The Morgan fingerprint density at radius 2 is 2.30 bits per heavy atom. The lowest BCUT2D eigenvalue weighted by Crippen LogP contribution is -2.34. The Labute approximate surface area is 122 Å². The molecular weight excluding hydrogens is 275 g/mol. The van der Waals surface area contributed by atoms with Gasteiger partial charge in [-0.25, -0.2) is 9.37 Å². The van der Waals surface area contributed by atoms with Crippen LogP contribution in [0, 0.1) is 5.82 Å². The number of nitrogens with zero attached hydrogens (tertiary/aromatic N) is 3. The van der Waals surface area contributed by atoms with Crippen molar-refractivity contribution in [1.82, 2.24) is 20.1 Å². The van der Waals surface area contributed by atoms with Gasteiger partial charge in [0.15, 0.2) is 0 Å². The largest absolute Gasteiger partial charge is 0.313 e. The van der Waals surface area contributed by atoms with Gasteiger partial charge in [-0.2, -0.15) is 5.10 Å². The molecule has 1 N–H and O–H groups in total. The molecule has 0 aliphatic rings. The quantitative estimate of drug-likeness (QED) is 0.796. The van der Waals surface area contributed by atoms with Crippen molar-refractivity contribution in [3.63, 3.8) is 0 Å². The van der Waals surface area contributed by atoms with E-state index in [0.717, 1.165) is 29.4 Å². The first kappa shape index (κ1) is 15.0. The number of thioether (sulfide) groups is 1. The zero-order chi connectivity index (χ0) is 14.4. The number of aryl methyl sites for hydroxylation is 1. The number of rotatable bonds is 7. The van der Waals surface area contributed by atoms with E-state index in [-0.39, 0.29) is 11.9 Å². The van der Waals surface area contributed by atoms with Crippen LogP contribution >= 0.6 is 11.8 Å². The van der Waals surface area contributed by atoms with Crippen LogP contribution in [0.2, 0.25) is 0 Å². The van der Waals surface area contributed by atoms with Gasteiger partial charge in [0, 0.05) is 30.2 Å². The molecule has 4 nitrogen and oxygen atoms in total. The lowest BCUT2D eigenvalue weighted by molar-refractivity contribution is 0.542. The first-order valence-corrected chi connectivity index (χ1v) is 7.62. The molecule has 1 atom stereocenters. The predicted octanol–water partition coefficient (Wildman–Crippen LogP) is 2.27. The monoisotopic (exact) mass is 294 g/mol. The van der Waals surface area contributed by atoms with Crippen molar-refractivity contribution >= 4 is 11.8 Å². The fraction of sp³-hybridized carbons (Fsp3) is 0.429. The topological polar surface area (TPSA) is 42.7 Å². The van der Waals surface area contributed by atoms with Crippen LogP contribution in [-0.4, -0.2) is 33.1 Å². The van der Waals surface area contributed by atoms with Gasteiger partial charge in [-0.05, 0) is 24.7 Å². The zero-order valence-corrected chi connectivity index (χ0v) is 12.5. The van der Waals surface area contributed by atoms with Crippen LogP contribution in [-0.2, 0) is 13.5 Å². The molecule has 1 unspecified atom stereocenters. The van der Waals surface area contributed by atoms with E-state index in [9.17, 15) is 4.39 Å². The van der Waals surface area contributed by atoms with E-state index in [1.807, 2.05) is 13.1 Å². The third kappa shape index (κ3) is 4.31. The molecule has 0 amide bonds. The average molecular weight is 294 g/mol. The van der Waals surface area contributed by atoms with Gasteiger partial charge >= 0.3 is 0 Å². The number of likely N-dealkylation sites (N-methyl/N-ethyl adjacent to an activating group) is 1. The summed E-state index contributed by atoms with van der Waals surface area (Å²) in [6.45, 7) is 2.97. The van der Waals surface area contributed by atoms with Crippen LogP contribution in [0.3, 0.4) is 0 Å². The summed E-state index contributed by atoms with van der Waals surface area (Å²) in [5, 5.41) is 7.52. The van der Waals surface area contributed by atoms with Crippen molar-refractivity contribution in [3.8, 4) is 0 Å². The third-order valence-electron chi connectivity index (χ3n) is 2.97. The summed E-state index contributed by atoms with van der Waals surface area (Å²) in [4.78, 5) is 5.20. The molecule has 6 heteroatoms. The second-order valence-corrected chi connectivity index (χ2v) is 5.62. The van der Waals surface area contributed by atoms with Gasteiger partial charge in [-0.3, -0.25) is 4.68 Å². The molecule has 1 aromatic carbocycles. The molecule has 2 rings (SSSR count). The van der Waals surface area contributed by atoms with Crippen molar-refractivity contribution in [2.24, 2.45) is 7.05 Å². The van der Waals surface area contributed by atoms with Gasteiger partial charge < -0.3 is 5.32 Å². The van der Waals surface area contributed by atoms with Crippen LogP contribution < -0.4 is 5.32 Å². The maximum Gasteiger partial charge on any atom is 0.138 e. The molecule has 0 saturated carbocycles. The smallest absolute Gasteiger partial charge is 0.138 e. The molecule has 0 bridgehead atoms. The van der Waals surface area contributed by atoms with Crippen LogP contribution in [0.25, 0.3) is 0 Å². The van der Waals surface area contributed by atoms with E-state index < -0.39 is 0 Å². The number of halogens is 1. The second kappa shape index (κ2) is 7.40.